The molecule has 1 saturated heterocycles. The summed E-state index contributed by atoms with van der Waals surface area (Å²) in [5.74, 6) is -2.28. The van der Waals surface area contributed by atoms with Crippen molar-refractivity contribution in [2.45, 2.75) is 20.3 Å². The number of aryl methyl sites for hydroxylation is 2. The van der Waals surface area contributed by atoms with Gasteiger partial charge in [0, 0.05) is 41.7 Å². The number of aromatic amines is 1. The number of hydrogen-bond donors (Lipinski definition) is 1. The van der Waals surface area contributed by atoms with Gasteiger partial charge in [-0.1, -0.05) is 45.8 Å². The van der Waals surface area contributed by atoms with Gasteiger partial charge in [0.2, 0.25) is 11.8 Å². The summed E-state index contributed by atoms with van der Waals surface area (Å²) in [6.45, 7) is 4.38. The number of imide groups is 2. The van der Waals surface area contributed by atoms with Crippen LogP contribution in [-0.4, -0.2) is 59.0 Å². The van der Waals surface area contributed by atoms with E-state index in [9.17, 15) is 14.4 Å². The van der Waals surface area contributed by atoms with Crippen molar-refractivity contribution < 1.29 is 14.4 Å². The fraction of sp³-hybridized carbons (Fsp3) is 0.280. The number of carbonyl (C=O) groups is 3. The van der Waals surface area contributed by atoms with Gasteiger partial charge in [-0.2, -0.15) is 0 Å². The lowest BCUT2D eigenvalue weighted by Gasteiger charge is -2.33. The lowest BCUT2D eigenvalue weighted by molar-refractivity contribution is -0.144. The molecule has 7 nitrogen and oxygen atoms in total. The number of H-pyrrole nitrogens is 1. The lowest BCUT2D eigenvalue weighted by atomic mass is 9.92. The predicted octanol–water partition coefficient (Wildman–Crippen LogP) is 4.25. The Labute approximate surface area is 200 Å². The maximum Gasteiger partial charge on any atom is 0.332 e. The first kappa shape index (κ1) is 22.9. The van der Waals surface area contributed by atoms with Crippen LogP contribution in [-0.2, 0) is 16.0 Å². The Morgan fingerprint density at radius 3 is 2.27 bits per heavy atom. The zero-order valence-corrected chi connectivity index (χ0v) is 20.6. The van der Waals surface area contributed by atoms with Crippen molar-refractivity contribution in [2.75, 3.05) is 20.6 Å². The van der Waals surface area contributed by atoms with Crippen LogP contribution in [0, 0.1) is 19.8 Å². The molecular weight excluding hydrogens is 484 g/mol. The average molecular weight is 509 g/mol. The van der Waals surface area contributed by atoms with Gasteiger partial charge in [0.25, 0.3) is 0 Å². The number of aromatic nitrogens is 1. The molecule has 3 aromatic rings. The Bertz CT molecular complexity index is 1270. The van der Waals surface area contributed by atoms with Crippen LogP contribution in [0.25, 0.3) is 10.9 Å². The van der Waals surface area contributed by atoms with Crippen LogP contribution in [0.5, 0.6) is 0 Å². The smallest absolute Gasteiger partial charge is 0.332 e. The molecular formula is C25H25BrN4O3. The Hall–Kier alpha value is -3.26. The summed E-state index contributed by atoms with van der Waals surface area (Å²) in [6, 6.07) is 13.0. The van der Waals surface area contributed by atoms with Crippen LogP contribution in [0.1, 0.15) is 22.4 Å². The standard InChI is InChI=1S/C25H25BrN4O3/c1-14-5-7-16(8-6-14)22(21-23(31)29(3)25(33)30(4)24(21)32)27-12-11-18-15(2)28-20-10-9-17(26)13-19(18)20/h5-10,13,21,28H,11-12H2,1-4H3. The largest absolute Gasteiger partial charge is 0.358 e. The number of amides is 4. The fourth-order valence-electron chi connectivity index (χ4n) is 4.18. The lowest BCUT2D eigenvalue weighted by Crippen LogP contribution is -2.59. The molecule has 1 aromatic heterocycles. The zero-order valence-electron chi connectivity index (χ0n) is 19.0. The normalized spacial score (nSPS) is 15.8. The van der Waals surface area contributed by atoms with Crippen molar-refractivity contribution in [3.63, 3.8) is 0 Å². The summed E-state index contributed by atoms with van der Waals surface area (Å²) in [4.78, 5) is 48.3. The molecule has 0 saturated carbocycles. The fourth-order valence-corrected chi connectivity index (χ4v) is 4.54. The first-order valence-corrected chi connectivity index (χ1v) is 11.5. The molecule has 2 aromatic carbocycles. The van der Waals surface area contributed by atoms with Crippen molar-refractivity contribution in [3.05, 3.63) is 69.3 Å². The third-order valence-corrected chi connectivity index (χ3v) is 6.57. The van der Waals surface area contributed by atoms with E-state index in [1.165, 1.54) is 14.1 Å². The number of nitrogens with one attached hydrogen (secondary N) is 1. The molecule has 0 bridgehead atoms. The second kappa shape index (κ2) is 8.94. The number of fused-ring (bicyclic) bond motifs is 1. The summed E-state index contributed by atoms with van der Waals surface area (Å²) in [6.07, 6.45) is 0.636. The van der Waals surface area contributed by atoms with Crippen molar-refractivity contribution in [1.82, 2.24) is 14.8 Å². The molecule has 8 heteroatoms. The molecule has 1 aliphatic rings. The zero-order chi connectivity index (χ0) is 23.9. The van der Waals surface area contributed by atoms with Gasteiger partial charge in [-0.25, -0.2) is 4.79 Å². The Balaban J connectivity index is 1.72. The van der Waals surface area contributed by atoms with Crippen molar-refractivity contribution >= 4 is 50.4 Å². The Morgan fingerprint density at radius 1 is 1.00 bits per heavy atom. The number of rotatable bonds is 5. The van der Waals surface area contributed by atoms with E-state index in [4.69, 9.17) is 4.99 Å². The highest BCUT2D eigenvalue weighted by molar-refractivity contribution is 9.10. The molecule has 170 valence electrons. The number of nitrogens with zero attached hydrogens (tertiary/aromatic N) is 3. The van der Waals surface area contributed by atoms with E-state index in [0.717, 1.165) is 42.0 Å². The quantitative estimate of drug-likeness (QED) is 0.412. The van der Waals surface area contributed by atoms with Crippen molar-refractivity contribution in [1.29, 1.82) is 0 Å². The summed E-state index contributed by atoms with van der Waals surface area (Å²) in [5, 5.41) is 1.11. The van der Waals surface area contributed by atoms with Gasteiger partial charge < -0.3 is 4.98 Å². The maximum atomic E-state index is 13.0. The Kier molecular flexibility index (Phi) is 6.21. The topological polar surface area (TPSA) is 85.8 Å². The maximum absolute atomic E-state index is 13.0. The van der Waals surface area contributed by atoms with E-state index >= 15 is 0 Å². The van der Waals surface area contributed by atoms with Gasteiger partial charge in [0.1, 0.15) is 0 Å². The molecule has 0 spiro atoms. The predicted molar refractivity (Wildman–Crippen MR) is 131 cm³/mol. The molecule has 1 N–H and O–H groups in total. The molecule has 0 radical (unpaired) electrons. The highest BCUT2D eigenvalue weighted by Gasteiger charge is 2.45. The summed E-state index contributed by atoms with van der Waals surface area (Å²) in [7, 11) is 2.78. The van der Waals surface area contributed by atoms with E-state index in [-0.39, 0.29) is 0 Å². The number of hydrogen-bond acceptors (Lipinski definition) is 4. The van der Waals surface area contributed by atoms with E-state index in [1.807, 2.05) is 50.2 Å². The second-order valence-electron chi connectivity index (χ2n) is 8.31. The molecule has 0 aliphatic carbocycles. The number of aliphatic imine (C=N–C) groups is 1. The van der Waals surface area contributed by atoms with Gasteiger partial charge >= 0.3 is 6.03 Å². The van der Waals surface area contributed by atoms with Crippen LogP contribution >= 0.6 is 15.9 Å². The third-order valence-electron chi connectivity index (χ3n) is 6.08. The molecule has 4 amide bonds. The monoisotopic (exact) mass is 508 g/mol. The number of benzene rings is 2. The number of halogens is 1. The first-order chi connectivity index (χ1) is 15.7. The minimum Gasteiger partial charge on any atom is -0.358 e. The molecule has 2 heterocycles. The van der Waals surface area contributed by atoms with Crippen LogP contribution < -0.4 is 0 Å². The van der Waals surface area contributed by atoms with Gasteiger partial charge in [0.15, 0.2) is 5.92 Å². The number of urea groups is 1. The Morgan fingerprint density at radius 2 is 1.64 bits per heavy atom. The van der Waals surface area contributed by atoms with Gasteiger partial charge in [-0.05, 0) is 49.6 Å². The molecule has 0 atom stereocenters. The van der Waals surface area contributed by atoms with Crippen LogP contribution in [0.15, 0.2) is 51.9 Å². The van der Waals surface area contributed by atoms with Crippen LogP contribution in [0.3, 0.4) is 0 Å². The minimum absolute atomic E-state index is 0.384. The highest BCUT2D eigenvalue weighted by Crippen LogP contribution is 2.27. The third kappa shape index (κ3) is 4.23. The molecule has 33 heavy (non-hydrogen) atoms. The van der Waals surface area contributed by atoms with Gasteiger partial charge in [-0.3, -0.25) is 24.4 Å². The number of carbonyl (C=O) groups excluding carboxylic acids is 3. The molecule has 1 fully saturated rings. The minimum atomic E-state index is -1.15. The number of barbiturate groups is 1. The summed E-state index contributed by atoms with van der Waals surface area (Å²) in [5.41, 5.74) is 5.39. The SMILES string of the molecule is Cc1ccc(C(=NCCc2c(C)[nH]c3ccc(Br)cc23)C2C(=O)N(C)C(=O)N(C)C2=O)cc1. The van der Waals surface area contributed by atoms with Crippen molar-refractivity contribution in [3.8, 4) is 0 Å². The summed E-state index contributed by atoms with van der Waals surface area (Å²) < 4.78 is 0.994. The summed E-state index contributed by atoms with van der Waals surface area (Å²) >= 11 is 3.53. The first-order valence-electron chi connectivity index (χ1n) is 10.7. The van der Waals surface area contributed by atoms with E-state index in [1.54, 1.807) is 0 Å². The van der Waals surface area contributed by atoms with E-state index < -0.39 is 23.8 Å². The van der Waals surface area contributed by atoms with Crippen LogP contribution in [0.2, 0.25) is 0 Å². The molecule has 1 aliphatic heterocycles. The second-order valence-corrected chi connectivity index (χ2v) is 9.23. The van der Waals surface area contributed by atoms with Gasteiger partial charge in [-0.15, -0.1) is 0 Å². The molecule has 0 unspecified atom stereocenters. The van der Waals surface area contributed by atoms with Gasteiger partial charge in [0.05, 0.1) is 5.71 Å². The van der Waals surface area contributed by atoms with E-state index in [2.05, 4.69) is 27.0 Å². The average Bonchev–Trinajstić information content (AvgIpc) is 3.10. The van der Waals surface area contributed by atoms with Crippen molar-refractivity contribution in [2.24, 2.45) is 10.9 Å². The van der Waals surface area contributed by atoms with Crippen LogP contribution in [0.4, 0.5) is 4.79 Å². The highest BCUT2D eigenvalue weighted by atomic mass is 79.9. The van der Waals surface area contributed by atoms with E-state index in [0.29, 0.717) is 24.2 Å². The molecule has 4 rings (SSSR count).